The zero-order valence-electron chi connectivity index (χ0n) is 18.1. The van der Waals surface area contributed by atoms with E-state index in [0.717, 1.165) is 11.4 Å². The Labute approximate surface area is 186 Å². The fraction of sp³-hybridized carbons (Fsp3) is 0.304. The fourth-order valence-electron chi connectivity index (χ4n) is 3.16. The van der Waals surface area contributed by atoms with Crippen molar-refractivity contribution in [3.63, 3.8) is 0 Å². The van der Waals surface area contributed by atoms with Gasteiger partial charge in [0.15, 0.2) is 5.16 Å². The Kier molecular flexibility index (Phi) is 7.46. The summed E-state index contributed by atoms with van der Waals surface area (Å²) in [7, 11) is 1.89. The number of rotatable bonds is 8. The van der Waals surface area contributed by atoms with Gasteiger partial charge in [-0.05, 0) is 24.6 Å². The highest BCUT2D eigenvalue weighted by atomic mass is 32.2. The molecule has 0 aliphatic heterocycles. The van der Waals surface area contributed by atoms with Crippen molar-refractivity contribution in [1.29, 1.82) is 0 Å². The van der Waals surface area contributed by atoms with Gasteiger partial charge in [0.2, 0.25) is 5.91 Å². The van der Waals surface area contributed by atoms with Crippen LogP contribution in [0.4, 0.5) is 5.69 Å². The maximum Gasteiger partial charge on any atom is 0.253 e. The van der Waals surface area contributed by atoms with Gasteiger partial charge in [-0.2, -0.15) is 0 Å². The maximum atomic E-state index is 12.8. The predicted octanol–water partition coefficient (Wildman–Crippen LogP) is 4.16. The molecule has 1 aromatic heterocycles. The second-order valence-corrected chi connectivity index (χ2v) is 8.49. The van der Waals surface area contributed by atoms with Gasteiger partial charge >= 0.3 is 0 Å². The highest BCUT2D eigenvalue weighted by Gasteiger charge is 2.17. The zero-order valence-corrected chi connectivity index (χ0v) is 18.9. The lowest BCUT2D eigenvalue weighted by atomic mass is 10.1. The van der Waals surface area contributed by atoms with Crippen molar-refractivity contribution < 1.29 is 9.59 Å². The number of hydrogen-bond donors (Lipinski definition) is 2. The predicted molar refractivity (Wildman–Crippen MR) is 123 cm³/mol. The summed E-state index contributed by atoms with van der Waals surface area (Å²) in [5, 5.41) is 14.8. The summed E-state index contributed by atoms with van der Waals surface area (Å²) < 4.78 is 1.90. The van der Waals surface area contributed by atoms with E-state index in [-0.39, 0.29) is 29.5 Å². The number of hydrogen-bond acceptors (Lipinski definition) is 5. The molecule has 0 bridgehead atoms. The van der Waals surface area contributed by atoms with E-state index < -0.39 is 0 Å². The van der Waals surface area contributed by atoms with Crippen molar-refractivity contribution in [3.8, 4) is 0 Å². The Morgan fingerprint density at radius 2 is 1.68 bits per heavy atom. The van der Waals surface area contributed by atoms with Gasteiger partial charge in [-0.3, -0.25) is 9.59 Å². The van der Waals surface area contributed by atoms with Gasteiger partial charge in [-0.15, -0.1) is 10.2 Å². The van der Waals surface area contributed by atoms with Crippen LogP contribution in [0.15, 0.2) is 59.8 Å². The smallest absolute Gasteiger partial charge is 0.253 e. The van der Waals surface area contributed by atoms with Crippen molar-refractivity contribution in [2.75, 3.05) is 11.1 Å². The first-order valence-electron chi connectivity index (χ1n) is 10.1. The van der Waals surface area contributed by atoms with Crippen LogP contribution in [-0.2, 0) is 11.8 Å². The number of para-hydroxylation sites is 1. The second-order valence-electron chi connectivity index (χ2n) is 7.54. The first-order valence-corrected chi connectivity index (χ1v) is 11.1. The summed E-state index contributed by atoms with van der Waals surface area (Å²) in [6.45, 7) is 6.02. The molecule has 7 nitrogen and oxygen atoms in total. The van der Waals surface area contributed by atoms with Crippen LogP contribution >= 0.6 is 11.8 Å². The topological polar surface area (TPSA) is 88.9 Å². The molecule has 0 saturated carbocycles. The molecule has 1 unspecified atom stereocenters. The van der Waals surface area contributed by atoms with Gasteiger partial charge in [0.25, 0.3) is 5.91 Å². The highest BCUT2D eigenvalue weighted by molar-refractivity contribution is 7.99. The van der Waals surface area contributed by atoms with E-state index in [4.69, 9.17) is 0 Å². The Hall–Kier alpha value is -3.13. The van der Waals surface area contributed by atoms with Crippen LogP contribution in [-0.4, -0.2) is 32.3 Å². The normalized spacial score (nSPS) is 11.9. The molecule has 3 rings (SSSR count). The molecule has 31 heavy (non-hydrogen) atoms. The number of anilines is 1. The molecule has 8 heteroatoms. The van der Waals surface area contributed by atoms with Crippen LogP contribution in [0.1, 0.15) is 54.5 Å². The molecule has 1 heterocycles. The third kappa shape index (κ3) is 5.73. The number of carbonyl (C=O) groups excluding carboxylic acids is 2. The molecule has 0 spiro atoms. The highest BCUT2D eigenvalue weighted by Crippen LogP contribution is 2.21. The molecule has 3 aromatic rings. The molecule has 0 aliphatic rings. The molecule has 0 aliphatic carbocycles. The lowest BCUT2D eigenvalue weighted by molar-refractivity contribution is -0.113. The van der Waals surface area contributed by atoms with Gasteiger partial charge in [0, 0.05) is 13.0 Å². The van der Waals surface area contributed by atoms with E-state index in [0.29, 0.717) is 16.4 Å². The van der Waals surface area contributed by atoms with Crippen molar-refractivity contribution in [2.45, 2.75) is 37.9 Å². The summed E-state index contributed by atoms with van der Waals surface area (Å²) in [5.74, 6) is 0.840. The van der Waals surface area contributed by atoms with Crippen molar-refractivity contribution in [1.82, 2.24) is 20.1 Å². The lowest BCUT2D eigenvalue weighted by Crippen LogP contribution is -2.28. The molecule has 1 atom stereocenters. The summed E-state index contributed by atoms with van der Waals surface area (Å²) >= 11 is 1.31. The van der Waals surface area contributed by atoms with E-state index in [1.54, 1.807) is 24.3 Å². The van der Waals surface area contributed by atoms with E-state index in [9.17, 15) is 9.59 Å². The summed E-state index contributed by atoms with van der Waals surface area (Å²) in [4.78, 5) is 25.4. The van der Waals surface area contributed by atoms with Crippen molar-refractivity contribution >= 4 is 29.3 Å². The first-order chi connectivity index (χ1) is 14.9. The van der Waals surface area contributed by atoms with Crippen LogP contribution in [0.25, 0.3) is 0 Å². The Bertz CT molecular complexity index is 1050. The maximum absolute atomic E-state index is 12.8. The summed E-state index contributed by atoms with van der Waals surface area (Å²) in [6, 6.07) is 16.6. The molecule has 162 valence electrons. The van der Waals surface area contributed by atoms with Gasteiger partial charge in [0.05, 0.1) is 23.0 Å². The van der Waals surface area contributed by atoms with Gasteiger partial charge < -0.3 is 15.2 Å². The molecule has 2 aromatic carbocycles. The molecule has 2 N–H and O–H groups in total. The van der Waals surface area contributed by atoms with Crippen LogP contribution in [0.3, 0.4) is 0 Å². The second kappa shape index (κ2) is 10.3. The monoisotopic (exact) mass is 437 g/mol. The Morgan fingerprint density at radius 3 is 2.35 bits per heavy atom. The number of thioether (sulfide) groups is 1. The average molecular weight is 438 g/mol. The largest absolute Gasteiger partial charge is 0.345 e. The number of nitrogens with one attached hydrogen (secondary N) is 2. The van der Waals surface area contributed by atoms with Crippen LogP contribution < -0.4 is 10.6 Å². The fourth-order valence-corrected chi connectivity index (χ4v) is 3.88. The van der Waals surface area contributed by atoms with Crippen molar-refractivity contribution in [3.05, 3.63) is 71.5 Å². The van der Waals surface area contributed by atoms with Gasteiger partial charge in [0.1, 0.15) is 5.82 Å². The van der Waals surface area contributed by atoms with Crippen LogP contribution in [0.2, 0.25) is 0 Å². The number of benzene rings is 2. The first kappa shape index (κ1) is 22.6. The number of nitrogens with zero attached hydrogens (tertiary/aromatic N) is 3. The summed E-state index contributed by atoms with van der Waals surface area (Å²) in [6.07, 6.45) is 0. The summed E-state index contributed by atoms with van der Waals surface area (Å²) in [5.41, 5.74) is 1.91. The molecule has 2 amide bonds. The minimum atomic E-state index is -0.241. The van der Waals surface area contributed by atoms with Gasteiger partial charge in [-0.1, -0.05) is 68.1 Å². The third-order valence-electron chi connectivity index (χ3n) is 4.81. The Morgan fingerprint density at radius 1 is 1.00 bits per heavy atom. The van der Waals surface area contributed by atoms with E-state index in [2.05, 4.69) is 20.8 Å². The quantitative estimate of drug-likeness (QED) is 0.517. The van der Waals surface area contributed by atoms with E-state index in [1.165, 1.54) is 11.8 Å². The third-order valence-corrected chi connectivity index (χ3v) is 5.83. The molecular formula is C23H27N5O2S. The average Bonchev–Trinajstić information content (AvgIpc) is 3.13. The van der Waals surface area contributed by atoms with Gasteiger partial charge in [-0.25, -0.2) is 0 Å². The molecule has 0 saturated heterocycles. The zero-order chi connectivity index (χ0) is 22.4. The number of carbonyl (C=O) groups is 2. The molecular weight excluding hydrogens is 410 g/mol. The van der Waals surface area contributed by atoms with E-state index in [1.807, 2.05) is 62.7 Å². The van der Waals surface area contributed by atoms with Crippen LogP contribution in [0.5, 0.6) is 0 Å². The van der Waals surface area contributed by atoms with E-state index >= 15 is 0 Å². The van der Waals surface area contributed by atoms with Crippen molar-refractivity contribution in [2.24, 2.45) is 7.05 Å². The minimum Gasteiger partial charge on any atom is -0.345 e. The Balaban J connectivity index is 1.63. The molecule has 0 fully saturated rings. The standard InChI is InChI=1S/C23H27N5O2S/c1-15(2)21-26-27-23(28(21)4)31-14-20(29)25-19-13-9-8-12-18(19)22(30)24-16(3)17-10-6-5-7-11-17/h5-13,15-16H,14H2,1-4H3,(H,24,30)(H,25,29). The minimum absolute atomic E-state index is 0.154. The van der Waals surface area contributed by atoms with Crippen LogP contribution in [0, 0.1) is 0 Å². The number of aromatic nitrogens is 3. The molecule has 0 radical (unpaired) electrons. The SMILES string of the molecule is CC(C)c1nnc(SCC(=O)Nc2ccccc2C(=O)NC(C)c2ccccc2)n1C. The number of amides is 2. The lowest BCUT2D eigenvalue weighted by Gasteiger charge is -2.16.